The summed E-state index contributed by atoms with van der Waals surface area (Å²) in [6, 6.07) is 5.74. The van der Waals surface area contributed by atoms with E-state index >= 15 is 0 Å². The Morgan fingerprint density at radius 3 is 2.53 bits per heavy atom. The Bertz CT molecular complexity index is 924. The Morgan fingerprint density at radius 2 is 1.97 bits per heavy atom. The van der Waals surface area contributed by atoms with Gasteiger partial charge in [0.05, 0.1) is 31.3 Å². The van der Waals surface area contributed by atoms with E-state index in [2.05, 4.69) is 12.6 Å². The number of hydrogen-bond acceptors (Lipinski definition) is 7. The highest BCUT2D eigenvalue weighted by Crippen LogP contribution is 2.44. The summed E-state index contributed by atoms with van der Waals surface area (Å²) in [5.74, 6) is 0.0941. The van der Waals surface area contributed by atoms with Crippen molar-refractivity contribution in [2.45, 2.75) is 40.0 Å². The molecule has 2 N–H and O–H groups in total. The first-order valence-electron chi connectivity index (χ1n) is 9.92. The van der Waals surface area contributed by atoms with Gasteiger partial charge in [0.25, 0.3) is 0 Å². The van der Waals surface area contributed by atoms with Crippen LogP contribution in [0, 0.1) is 11.3 Å². The van der Waals surface area contributed by atoms with Gasteiger partial charge >= 0.3 is 5.97 Å². The van der Waals surface area contributed by atoms with Crippen LogP contribution in [0.15, 0.2) is 47.6 Å². The van der Waals surface area contributed by atoms with E-state index in [4.69, 9.17) is 24.7 Å². The molecule has 1 aliphatic heterocycles. The third-order valence-electron chi connectivity index (χ3n) is 4.54. The van der Waals surface area contributed by atoms with Gasteiger partial charge in [0, 0.05) is 5.56 Å². The summed E-state index contributed by atoms with van der Waals surface area (Å²) >= 11 is 0. The third kappa shape index (κ3) is 4.60. The van der Waals surface area contributed by atoms with E-state index in [9.17, 15) is 10.1 Å². The zero-order valence-corrected chi connectivity index (χ0v) is 17.9. The van der Waals surface area contributed by atoms with Gasteiger partial charge in [0.15, 0.2) is 11.5 Å². The van der Waals surface area contributed by atoms with Gasteiger partial charge in [-0.1, -0.05) is 12.1 Å². The van der Waals surface area contributed by atoms with Crippen LogP contribution >= 0.6 is 0 Å². The fourth-order valence-corrected chi connectivity index (χ4v) is 3.42. The lowest BCUT2D eigenvalue weighted by molar-refractivity contribution is -0.139. The summed E-state index contributed by atoms with van der Waals surface area (Å²) in [6.07, 6.45) is 2.27. The van der Waals surface area contributed by atoms with Crippen molar-refractivity contribution in [3.05, 3.63) is 58.7 Å². The quantitative estimate of drug-likeness (QED) is 0.485. The van der Waals surface area contributed by atoms with Crippen molar-refractivity contribution in [2.75, 3.05) is 19.8 Å². The zero-order chi connectivity index (χ0) is 22.3. The number of carbonyl (C=O) groups excluding carboxylic acids is 1. The van der Waals surface area contributed by atoms with Crippen LogP contribution in [-0.2, 0) is 20.7 Å². The van der Waals surface area contributed by atoms with Crippen molar-refractivity contribution in [1.82, 2.24) is 0 Å². The Labute approximate surface area is 177 Å². The molecule has 7 heteroatoms. The molecule has 1 aromatic carbocycles. The first-order chi connectivity index (χ1) is 14.4. The summed E-state index contributed by atoms with van der Waals surface area (Å²) in [7, 11) is 0. The van der Waals surface area contributed by atoms with Gasteiger partial charge < -0.3 is 24.7 Å². The molecule has 0 aliphatic carbocycles. The van der Waals surface area contributed by atoms with Crippen molar-refractivity contribution in [3.8, 4) is 17.6 Å². The van der Waals surface area contributed by atoms with Crippen LogP contribution in [-0.4, -0.2) is 25.8 Å². The average Bonchev–Trinajstić information content (AvgIpc) is 2.70. The molecule has 0 amide bonds. The molecule has 1 aromatic rings. The van der Waals surface area contributed by atoms with Crippen molar-refractivity contribution in [1.29, 1.82) is 5.26 Å². The molecule has 7 nitrogen and oxygen atoms in total. The number of nitrogens with zero attached hydrogens (tertiary/aromatic N) is 1. The lowest BCUT2D eigenvalue weighted by atomic mass is 9.82. The topological polar surface area (TPSA) is 104 Å². The Hall–Kier alpha value is -3.40. The molecule has 30 heavy (non-hydrogen) atoms. The number of ether oxygens (including phenoxy) is 4. The van der Waals surface area contributed by atoms with Gasteiger partial charge in [-0.25, -0.2) is 4.79 Å². The monoisotopic (exact) mass is 412 g/mol. The normalized spacial score (nSPS) is 15.9. The summed E-state index contributed by atoms with van der Waals surface area (Å²) < 4.78 is 22.4. The predicted octanol–water partition coefficient (Wildman–Crippen LogP) is 3.86. The second kappa shape index (κ2) is 10.4. The van der Waals surface area contributed by atoms with Gasteiger partial charge in [-0.15, -0.1) is 6.58 Å². The second-order valence-electron chi connectivity index (χ2n) is 6.48. The third-order valence-corrected chi connectivity index (χ3v) is 4.54. The van der Waals surface area contributed by atoms with E-state index in [1.165, 1.54) is 0 Å². The fraction of sp³-hybridized carbons (Fsp3) is 0.391. The summed E-state index contributed by atoms with van der Waals surface area (Å²) in [6.45, 7) is 12.0. The largest absolute Gasteiger partial charge is 0.490 e. The molecule has 0 saturated heterocycles. The van der Waals surface area contributed by atoms with E-state index in [1.807, 2.05) is 19.9 Å². The minimum atomic E-state index is -0.749. The molecular formula is C23H28N2O5. The van der Waals surface area contributed by atoms with Crippen LogP contribution in [0.25, 0.3) is 0 Å². The molecule has 160 valence electrons. The molecule has 1 atom stereocenters. The van der Waals surface area contributed by atoms with E-state index < -0.39 is 11.9 Å². The van der Waals surface area contributed by atoms with Crippen LogP contribution in [0.1, 0.15) is 44.7 Å². The molecule has 0 spiro atoms. The van der Waals surface area contributed by atoms with Crippen LogP contribution in [0.5, 0.6) is 11.5 Å². The summed E-state index contributed by atoms with van der Waals surface area (Å²) in [4.78, 5) is 12.7. The summed E-state index contributed by atoms with van der Waals surface area (Å²) in [5.41, 5.74) is 7.85. The number of rotatable bonds is 9. The van der Waals surface area contributed by atoms with Gasteiger partial charge in [-0.2, -0.15) is 5.26 Å². The number of hydrogen-bond donors (Lipinski definition) is 1. The average molecular weight is 412 g/mol. The van der Waals surface area contributed by atoms with E-state index in [0.29, 0.717) is 42.5 Å². The highest BCUT2D eigenvalue weighted by Gasteiger charge is 2.37. The molecule has 0 fully saturated rings. The first-order valence-corrected chi connectivity index (χ1v) is 9.92. The Morgan fingerprint density at radius 1 is 1.27 bits per heavy atom. The Balaban J connectivity index is 2.77. The van der Waals surface area contributed by atoms with Crippen molar-refractivity contribution < 1.29 is 23.7 Å². The Kier molecular flexibility index (Phi) is 7.93. The first kappa shape index (κ1) is 22.9. The molecule has 1 heterocycles. The number of allylic oxidation sites excluding steroid dienone is 3. The number of nitriles is 1. The summed E-state index contributed by atoms with van der Waals surface area (Å²) in [5, 5.41) is 9.78. The zero-order valence-electron chi connectivity index (χ0n) is 17.9. The van der Waals surface area contributed by atoms with Crippen LogP contribution in [0.4, 0.5) is 0 Å². The predicted molar refractivity (Wildman–Crippen MR) is 113 cm³/mol. The molecule has 1 aliphatic rings. The van der Waals surface area contributed by atoms with Gasteiger partial charge in [0.2, 0.25) is 5.88 Å². The van der Waals surface area contributed by atoms with Gasteiger partial charge in [-0.05, 0) is 45.7 Å². The number of nitrogens with two attached hydrogens (primary N) is 1. The molecule has 2 rings (SSSR count). The van der Waals surface area contributed by atoms with E-state index in [0.717, 1.165) is 5.56 Å². The highest BCUT2D eigenvalue weighted by molar-refractivity contribution is 5.92. The fourth-order valence-electron chi connectivity index (χ4n) is 3.42. The SMILES string of the molecule is C=CCc1cc(C2C(C#N)=C(N)OC(C)=C2C(=O)OCC)cc(OCC)c1OCC. The molecule has 0 radical (unpaired) electrons. The van der Waals surface area contributed by atoms with E-state index in [-0.39, 0.29) is 23.6 Å². The lowest BCUT2D eigenvalue weighted by Gasteiger charge is -2.28. The van der Waals surface area contributed by atoms with Gasteiger partial charge in [0.1, 0.15) is 17.4 Å². The number of esters is 1. The second-order valence-corrected chi connectivity index (χ2v) is 6.48. The maximum atomic E-state index is 12.7. The smallest absolute Gasteiger partial charge is 0.338 e. The maximum absolute atomic E-state index is 12.7. The molecular weight excluding hydrogens is 384 g/mol. The molecule has 1 unspecified atom stereocenters. The van der Waals surface area contributed by atoms with Gasteiger partial charge in [-0.3, -0.25) is 0 Å². The van der Waals surface area contributed by atoms with Crippen molar-refractivity contribution in [3.63, 3.8) is 0 Å². The standard InChI is InChI=1S/C23H28N2O5/c1-6-10-15-11-16(12-18(27-7-2)21(15)28-8-3)20-17(13-24)22(25)30-14(5)19(20)23(26)29-9-4/h6,11-12,20H,1,7-10,25H2,2-5H3. The van der Waals surface area contributed by atoms with E-state index in [1.54, 1.807) is 26.0 Å². The molecule has 0 aromatic heterocycles. The van der Waals surface area contributed by atoms with Crippen LogP contribution in [0.3, 0.4) is 0 Å². The van der Waals surface area contributed by atoms with Crippen molar-refractivity contribution >= 4 is 5.97 Å². The van der Waals surface area contributed by atoms with Crippen LogP contribution in [0.2, 0.25) is 0 Å². The minimum Gasteiger partial charge on any atom is -0.490 e. The maximum Gasteiger partial charge on any atom is 0.338 e. The lowest BCUT2D eigenvalue weighted by Crippen LogP contribution is -2.25. The van der Waals surface area contributed by atoms with Crippen molar-refractivity contribution in [2.24, 2.45) is 5.73 Å². The highest BCUT2D eigenvalue weighted by atomic mass is 16.5. The van der Waals surface area contributed by atoms with Crippen LogP contribution < -0.4 is 15.2 Å². The minimum absolute atomic E-state index is 0.0369. The number of carbonyl (C=O) groups is 1. The molecule has 0 saturated carbocycles. The number of benzene rings is 1. The molecule has 0 bridgehead atoms.